The number of ether oxygens (including phenoxy) is 3. The number of carbonyl (C=O) groups is 2. The second-order valence-corrected chi connectivity index (χ2v) is 10.0. The zero-order valence-corrected chi connectivity index (χ0v) is 23.4. The number of methoxy groups -OCH3 is 1. The summed E-state index contributed by atoms with van der Waals surface area (Å²) in [5.74, 6) is -0.895. The lowest BCUT2D eigenvalue weighted by Crippen LogP contribution is -2.44. The van der Waals surface area contributed by atoms with Gasteiger partial charge in [-0.15, -0.1) is 0 Å². The van der Waals surface area contributed by atoms with Crippen LogP contribution in [0.5, 0.6) is 23.0 Å². The van der Waals surface area contributed by atoms with Gasteiger partial charge in [-0.1, -0.05) is 17.8 Å². The SMILES string of the molecule is CCOc1cc(/C=C2/SC(=S)N(NC(=O)c3ccc(OC)cc3)C2=O)ccc1Oc1ccc(C(F)(F)F)cc1[N+](=O)[O-]. The van der Waals surface area contributed by atoms with Crippen molar-refractivity contribution in [2.75, 3.05) is 13.7 Å². The summed E-state index contributed by atoms with van der Waals surface area (Å²) in [6.45, 7) is 1.84. The minimum Gasteiger partial charge on any atom is -0.497 e. The molecule has 3 aromatic rings. The number of thiocarbonyl (C=S) groups is 1. The van der Waals surface area contributed by atoms with E-state index < -0.39 is 39.9 Å². The topological polar surface area (TPSA) is 120 Å². The molecule has 4 rings (SSSR count). The van der Waals surface area contributed by atoms with Crippen LogP contribution in [0.2, 0.25) is 0 Å². The van der Waals surface area contributed by atoms with Crippen molar-refractivity contribution in [2.24, 2.45) is 0 Å². The lowest BCUT2D eigenvalue weighted by Gasteiger charge is -2.15. The second kappa shape index (κ2) is 12.5. The van der Waals surface area contributed by atoms with Gasteiger partial charge >= 0.3 is 11.9 Å². The van der Waals surface area contributed by atoms with Gasteiger partial charge in [-0.25, -0.2) is 0 Å². The number of benzene rings is 3. The Hall–Kier alpha value is -4.63. The molecule has 3 aromatic carbocycles. The zero-order valence-electron chi connectivity index (χ0n) is 21.8. The van der Waals surface area contributed by atoms with Crippen molar-refractivity contribution < 1.29 is 41.9 Å². The van der Waals surface area contributed by atoms with E-state index >= 15 is 0 Å². The Morgan fingerprint density at radius 3 is 2.40 bits per heavy atom. The molecule has 0 aliphatic carbocycles. The van der Waals surface area contributed by atoms with Crippen molar-refractivity contribution in [3.8, 4) is 23.0 Å². The largest absolute Gasteiger partial charge is 0.497 e. The average molecular weight is 620 g/mol. The summed E-state index contributed by atoms with van der Waals surface area (Å²) in [6, 6.07) is 12.6. The molecule has 15 heteroatoms. The maximum atomic E-state index is 13.1. The molecule has 42 heavy (non-hydrogen) atoms. The molecule has 1 fully saturated rings. The number of nitrogens with one attached hydrogen (secondary N) is 1. The van der Waals surface area contributed by atoms with Crippen molar-refractivity contribution >= 4 is 51.9 Å². The molecule has 1 heterocycles. The summed E-state index contributed by atoms with van der Waals surface area (Å²) in [7, 11) is 1.49. The number of nitrogens with zero attached hydrogens (tertiary/aromatic N) is 2. The number of nitro benzene ring substituents is 1. The fourth-order valence-electron chi connectivity index (χ4n) is 3.63. The lowest BCUT2D eigenvalue weighted by molar-refractivity contribution is -0.385. The Morgan fingerprint density at radius 1 is 1.10 bits per heavy atom. The number of carbonyl (C=O) groups excluding carboxylic acids is 2. The number of hydrogen-bond acceptors (Lipinski definition) is 9. The van der Waals surface area contributed by atoms with Gasteiger partial charge < -0.3 is 14.2 Å². The summed E-state index contributed by atoms with van der Waals surface area (Å²) in [5, 5.41) is 12.4. The maximum Gasteiger partial charge on any atom is 0.416 e. The Morgan fingerprint density at radius 2 is 1.79 bits per heavy atom. The van der Waals surface area contributed by atoms with Gasteiger partial charge in [0.2, 0.25) is 5.75 Å². The third-order valence-electron chi connectivity index (χ3n) is 5.63. The fraction of sp³-hybridized carbons (Fsp3) is 0.148. The minimum atomic E-state index is -4.78. The van der Waals surface area contributed by atoms with E-state index in [0.29, 0.717) is 23.4 Å². The van der Waals surface area contributed by atoms with E-state index in [2.05, 4.69) is 5.43 Å². The molecule has 0 unspecified atom stereocenters. The predicted octanol–water partition coefficient (Wildman–Crippen LogP) is 6.36. The van der Waals surface area contributed by atoms with Crippen molar-refractivity contribution in [1.29, 1.82) is 0 Å². The number of thioether (sulfide) groups is 1. The van der Waals surface area contributed by atoms with Crippen LogP contribution in [-0.4, -0.2) is 39.8 Å². The average Bonchev–Trinajstić information content (AvgIpc) is 3.21. The molecular formula is C27H20F3N3O7S2. The molecule has 0 saturated carbocycles. The highest BCUT2D eigenvalue weighted by molar-refractivity contribution is 8.26. The quantitative estimate of drug-likeness (QED) is 0.126. The molecule has 0 atom stereocenters. The summed E-state index contributed by atoms with van der Waals surface area (Å²) in [5.41, 5.74) is 1.13. The van der Waals surface area contributed by atoms with E-state index in [1.165, 1.54) is 43.5 Å². The van der Waals surface area contributed by atoms with Gasteiger partial charge in [-0.2, -0.15) is 18.2 Å². The number of alkyl halides is 3. The van der Waals surface area contributed by atoms with Crippen molar-refractivity contribution in [2.45, 2.75) is 13.1 Å². The molecule has 1 N–H and O–H groups in total. The van der Waals surface area contributed by atoms with Crippen molar-refractivity contribution in [3.63, 3.8) is 0 Å². The van der Waals surface area contributed by atoms with Crippen LogP contribution in [0.15, 0.2) is 65.6 Å². The number of nitro groups is 1. The van der Waals surface area contributed by atoms with E-state index in [-0.39, 0.29) is 32.9 Å². The molecule has 1 saturated heterocycles. The lowest BCUT2D eigenvalue weighted by atomic mass is 10.1. The fourth-order valence-corrected chi connectivity index (χ4v) is 4.81. The summed E-state index contributed by atoms with van der Waals surface area (Å²) in [6.07, 6.45) is -3.29. The number of hydrogen-bond donors (Lipinski definition) is 1. The second-order valence-electron chi connectivity index (χ2n) is 8.37. The summed E-state index contributed by atoms with van der Waals surface area (Å²) >= 11 is 6.22. The third kappa shape index (κ3) is 6.80. The number of hydrazine groups is 1. The van der Waals surface area contributed by atoms with Gasteiger partial charge in [-0.05, 0) is 79.3 Å². The number of rotatable bonds is 9. The normalized spacial score (nSPS) is 14.2. The first-order valence-electron chi connectivity index (χ1n) is 11.9. The molecule has 1 aliphatic heterocycles. The predicted molar refractivity (Wildman–Crippen MR) is 151 cm³/mol. The van der Waals surface area contributed by atoms with Crippen LogP contribution in [0.25, 0.3) is 6.08 Å². The number of amides is 2. The Bertz CT molecular complexity index is 1590. The first-order chi connectivity index (χ1) is 19.9. The summed E-state index contributed by atoms with van der Waals surface area (Å²) < 4.78 is 55.5. The molecule has 2 amide bonds. The van der Waals surface area contributed by atoms with Gasteiger partial charge in [0.1, 0.15) is 5.75 Å². The third-order valence-corrected chi connectivity index (χ3v) is 6.93. The van der Waals surface area contributed by atoms with Crippen molar-refractivity contribution in [1.82, 2.24) is 10.4 Å². The van der Waals surface area contributed by atoms with Crippen LogP contribution in [0.1, 0.15) is 28.4 Å². The van der Waals surface area contributed by atoms with Crippen LogP contribution in [0, 0.1) is 10.1 Å². The highest BCUT2D eigenvalue weighted by Gasteiger charge is 2.35. The molecule has 1 aliphatic rings. The first kappa shape index (κ1) is 30.3. The molecule has 0 aromatic heterocycles. The monoisotopic (exact) mass is 619 g/mol. The molecule has 0 radical (unpaired) electrons. The van der Waals surface area contributed by atoms with Crippen LogP contribution >= 0.6 is 24.0 Å². The Balaban J connectivity index is 1.56. The molecule has 218 valence electrons. The highest BCUT2D eigenvalue weighted by atomic mass is 32.2. The van der Waals surface area contributed by atoms with E-state index in [1.54, 1.807) is 19.1 Å². The van der Waals surface area contributed by atoms with Crippen LogP contribution in [-0.2, 0) is 11.0 Å². The highest BCUT2D eigenvalue weighted by Crippen LogP contribution is 2.41. The molecule has 10 nitrogen and oxygen atoms in total. The van der Waals surface area contributed by atoms with Gasteiger partial charge in [-0.3, -0.25) is 25.1 Å². The van der Waals surface area contributed by atoms with Gasteiger partial charge in [0.05, 0.1) is 29.1 Å². The van der Waals surface area contributed by atoms with Crippen LogP contribution < -0.4 is 19.6 Å². The molecular weight excluding hydrogens is 599 g/mol. The van der Waals surface area contributed by atoms with E-state index in [9.17, 15) is 32.9 Å². The first-order valence-corrected chi connectivity index (χ1v) is 13.2. The van der Waals surface area contributed by atoms with E-state index in [1.807, 2.05) is 0 Å². The minimum absolute atomic E-state index is 0.00355. The standard InChI is InChI=1S/C27H20F3N3O7S2/c1-3-39-22-12-15(4-10-21(22)40-20-11-7-17(27(28,29)30)14-19(20)33(36)37)13-23-25(35)32(26(41)42-23)31-24(34)16-5-8-18(38-2)9-6-16/h4-14H,3H2,1-2H3,(H,31,34)/b23-13+. The van der Waals surface area contributed by atoms with Crippen LogP contribution in [0.4, 0.5) is 18.9 Å². The van der Waals surface area contributed by atoms with Gasteiger partial charge in [0.25, 0.3) is 11.8 Å². The smallest absolute Gasteiger partial charge is 0.416 e. The maximum absolute atomic E-state index is 13.1. The Kier molecular flexibility index (Phi) is 9.02. The van der Waals surface area contributed by atoms with Gasteiger partial charge in [0, 0.05) is 11.6 Å². The Labute approximate surface area is 246 Å². The molecule has 0 spiro atoms. The van der Waals surface area contributed by atoms with Gasteiger partial charge in [0.15, 0.2) is 15.8 Å². The summed E-state index contributed by atoms with van der Waals surface area (Å²) in [4.78, 5) is 36.3. The van der Waals surface area contributed by atoms with Crippen molar-refractivity contribution in [3.05, 3.63) is 92.4 Å². The molecule has 0 bridgehead atoms. The van der Waals surface area contributed by atoms with E-state index in [0.717, 1.165) is 22.8 Å². The van der Waals surface area contributed by atoms with Crippen LogP contribution in [0.3, 0.4) is 0 Å². The van der Waals surface area contributed by atoms with E-state index in [4.69, 9.17) is 26.4 Å². The number of halogens is 3. The zero-order chi connectivity index (χ0) is 30.6.